The molecule has 0 radical (unpaired) electrons. The Morgan fingerprint density at radius 1 is 1.24 bits per heavy atom. The number of nitrogens with zero attached hydrogens (tertiary/aromatic N) is 1. The van der Waals surface area contributed by atoms with Crippen LogP contribution in [0.1, 0.15) is 11.1 Å². The largest absolute Gasteiger partial charge is 0.482 e. The molecule has 2 rings (SSSR count). The highest BCUT2D eigenvalue weighted by molar-refractivity contribution is 9.10. The van der Waals surface area contributed by atoms with E-state index in [9.17, 15) is 10.1 Å². The highest BCUT2D eigenvalue weighted by Crippen LogP contribution is 2.30. The van der Waals surface area contributed by atoms with Crippen LogP contribution in [0.3, 0.4) is 0 Å². The summed E-state index contributed by atoms with van der Waals surface area (Å²) in [7, 11) is 0. The molecule has 21 heavy (non-hydrogen) atoms. The topological polar surface area (TPSA) is 52.4 Å². The van der Waals surface area contributed by atoms with Crippen molar-refractivity contribution in [1.82, 2.24) is 0 Å². The average molecular weight is 435 g/mol. The van der Waals surface area contributed by atoms with Crippen LogP contribution >= 0.6 is 43.5 Å². The fourth-order valence-electron chi connectivity index (χ4n) is 1.70. The zero-order valence-corrected chi connectivity index (χ0v) is 14.6. The normalized spacial score (nSPS) is 10.4. The van der Waals surface area contributed by atoms with Crippen LogP contribution in [-0.2, 0) is 11.9 Å². The standard InChI is InChI=1S/C14H10Br2ClNO3/c15-7-9-1-4-13(18(19)20)14(5-9)21-8-10-2-3-11(16)6-12(10)17/h1-6H,7-8H2. The molecule has 2 aromatic carbocycles. The Balaban J connectivity index is 2.24. The van der Waals surface area contributed by atoms with Crippen LogP contribution in [0.5, 0.6) is 5.75 Å². The van der Waals surface area contributed by atoms with Gasteiger partial charge in [-0.1, -0.05) is 55.6 Å². The lowest BCUT2D eigenvalue weighted by molar-refractivity contribution is -0.386. The molecule has 0 unspecified atom stereocenters. The molecule has 0 atom stereocenters. The molecule has 110 valence electrons. The molecule has 0 saturated heterocycles. The first-order valence-corrected chi connectivity index (χ1v) is 8.20. The lowest BCUT2D eigenvalue weighted by Gasteiger charge is -2.09. The van der Waals surface area contributed by atoms with Crippen molar-refractivity contribution in [2.45, 2.75) is 11.9 Å². The van der Waals surface area contributed by atoms with Gasteiger partial charge in [0, 0.05) is 26.5 Å². The van der Waals surface area contributed by atoms with Gasteiger partial charge in [0.2, 0.25) is 0 Å². The van der Waals surface area contributed by atoms with Gasteiger partial charge in [-0.25, -0.2) is 0 Å². The molecular formula is C14H10Br2ClNO3. The Labute approximate surface area is 143 Å². The molecular weight excluding hydrogens is 425 g/mol. The second kappa shape index (κ2) is 7.24. The van der Waals surface area contributed by atoms with Crippen LogP contribution in [-0.4, -0.2) is 4.92 Å². The number of alkyl halides is 1. The number of halogens is 3. The minimum absolute atomic E-state index is 0.0621. The lowest BCUT2D eigenvalue weighted by Crippen LogP contribution is -2.00. The molecule has 0 N–H and O–H groups in total. The third kappa shape index (κ3) is 4.18. The average Bonchev–Trinajstić information content (AvgIpc) is 2.45. The Morgan fingerprint density at radius 3 is 2.62 bits per heavy atom. The number of hydrogen-bond donors (Lipinski definition) is 0. The molecule has 0 fully saturated rings. The van der Waals surface area contributed by atoms with Gasteiger partial charge in [-0.15, -0.1) is 0 Å². The Morgan fingerprint density at radius 2 is 2.00 bits per heavy atom. The van der Waals surface area contributed by atoms with Crippen LogP contribution in [0.4, 0.5) is 5.69 Å². The number of rotatable bonds is 5. The third-order valence-corrected chi connectivity index (χ3v) is 4.27. The van der Waals surface area contributed by atoms with Crippen molar-refractivity contribution in [2.24, 2.45) is 0 Å². The molecule has 0 aromatic heterocycles. The Bertz CT molecular complexity index is 679. The third-order valence-electron chi connectivity index (χ3n) is 2.77. The second-order valence-corrected chi connectivity index (χ2v) is 6.10. The van der Waals surface area contributed by atoms with E-state index in [0.717, 1.165) is 15.6 Å². The Hall–Kier alpha value is -1.11. The second-order valence-electron chi connectivity index (χ2n) is 4.22. The summed E-state index contributed by atoms with van der Waals surface area (Å²) >= 11 is 12.7. The van der Waals surface area contributed by atoms with E-state index in [4.69, 9.17) is 16.3 Å². The summed E-state index contributed by atoms with van der Waals surface area (Å²) in [4.78, 5) is 10.6. The smallest absolute Gasteiger partial charge is 0.310 e. The number of nitro benzene ring substituents is 1. The highest BCUT2D eigenvalue weighted by Gasteiger charge is 2.16. The first kappa shape index (κ1) is 16.3. The van der Waals surface area contributed by atoms with Crippen molar-refractivity contribution in [3.63, 3.8) is 0 Å². The molecule has 0 spiro atoms. The summed E-state index contributed by atoms with van der Waals surface area (Å²) in [5, 5.41) is 12.2. The van der Waals surface area contributed by atoms with E-state index >= 15 is 0 Å². The molecule has 7 heteroatoms. The lowest BCUT2D eigenvalue weighted by atomic mass is 10.2. The van der Waals surface area contributed by atoms with Crippen LogP contribution in [0.15, 0.2) is 40.9 Å². The molecule has 4 nitrogen and oxygen atoms in total. The van der Waals surface area contributed by atoms with Gasteiger partial charge >= 0.3 is 5.69 Å². The Kier molecular flexibility index (Phi) is 5.61. The first-order chi connectivity index (χ1) is 10.0. The van der Waals surface area contributed by atoms with E-state index in [1.165, 1.54) is 6.07 Å². The van der Waals surface area contributed by atoms with Crippen molar-refractivity contribution in [2.75, 3.05) is 0 Å². The molecule has 0 aliphatic rings. The van der Waals surface area contributed by atoms with Gasteiger partial charge in [0.25, 0.3) is 0 Å². The zero-order valence-electron chi connectivity index (χ0n) is 10.7. The minimum atomic E-state index is -0.462. The van der Waals surface area contributed by atoms with Crippen molar-refractivity contribution >= 4 is 49.1 Å². The van der Waals surface area contributed by atoms with Crippen molar-refractivity contribution < 1.29 is 9.66 Å². The van der Waals surface area contributed by atoms with Gasteiger partial charge in [0.05, 0.1) is 4.92 Å². The zero-order chi connectivity index (χ0) is 15.4. The van der Waals surface area contributed by atoms with Crippen LogP contribution in [0, 0.1) is 10.1 Å². The number of hydrogen-bond acceptors (Lipinski definition) is 3. The molecule has 0 bridgehead atoms. The molecule has 0 heterocycles. The number of nitro groups is 1. The van der Waals surface area contributed by atoms with Crippen molar-refractivity contribution in [3.05, 3.63) is 67.1 Å². The number of benzene rings is 2. The molecule has 0 aliphatic heterocycles. The number of ether oxygens (including phenoxy) is 1. The predicted molar refractivity (Wildman–Crippen MR) is 89.2 cm³/mol. The highest BCUT2D eigenvalue weighted by atomic mass is 79.9. The van der Waals surface area contributed by atoms with Gasteiger partial charge in [-0.3, -0.25) is 10.1 Å². The van der Waals surface area contributed by atoms with Crippen LogP contribution in [0.2, 0.25) is 5.02 Å². The van der Waals surface area contributed by atoms with Gasteiger partial charge in [0.15, 0.2) is 5.75 Å². The molecule has 0 amide bonds. The van der Waals surface area contributed by atoms with Gasteiger partial charge in [0.1, 0.15) is 6.61 Å². The maximum Gasteiger partial charge on any atom is 0.310 e. The predicted octanol–water partition coefficient (Wildman–Crippen LogP) is 5.48. The summed E-state index contributed by atoms with van der Waals surface area (Å²) in [5.41, 5.74) is 1.60. The fraction of sp³-hybridized carbons (Fsp3) is 0.143. The van der Waals surface area contributed by atoms with Crippen molar-refractivity contribution in [1.29, 1.82) is 0 Å². The first-order valence-electron chi connectivity index (χ1n) is 5.91. The van der Waals surface area contributed by atoms with Gasteiger partial charge in [-0.05, 0) is 23.8 Å². The quantitative estimate of drug-likeness (QED) is 0.355. The molecule has 0 aliphatic carbocycles. The van der Waals surface area contributed by atoms with E-state index in [1.807, 2.05) is 12.1 Å². The van der Waals surface area contributed by atoms with Gasteiger partial charge < -0.3 is 4.74 Å². The monoisotopic (exact) mass is 433 g/mol. The SMILES string of the molecule is O=[N+]([O-])c1ccc(CBr)cc1OCc1ccc(Br)cc1Cl. The summed E-state index contributed by atoms with van der Waals surface area (Å²) in [6.45, 7) is 0.165. The van der Waals surface area contributed by atoms with E-state index in [1.54, 1.807) is 18.2 Å². The van der Waals surface area contributed by atoms with Crippen LogP contribution in [0.25, 0.3) is 0 Å². The summed E-state index contributed by atoms with van der Waals surface area (Å²) in [6, 6.07) is 10.2. The summed E-state index contributed by atoms with van der Waals surface area (Å²) < 4.78 is 6.45. The van der Waals surface area contributed by atoms with E-state index in [0.29, 0.717) is 10.4 Å². The fourth-order valence-corrected chi connectivity index (χ4v) is 2.78. The van der Waals surface area contributed by atoms with E-state index < -0.39 is 4.92 Å². The maximum absolute atomic E-state index is 11.0. The van der Waals surface area contributed by atoms with Gasteiger partial charge in [-0.2, -0.15) is 0 Å². The summed E-state index contributed by atoms with van der Waals surface area (Å²) in [5.74, 6) is 0.232. The van der Waals surface area contributed by atoms with E-state index in [-0.39, 0.29) is 18.0 Å². The van der Waals surface area contributed by atoms with E-state index in [2.05, 4.69) is 31.9 Å². The molecule has 0 saturated carbocycles. The van der Waals surface area contributed by atoms with Crippen molar-refractivity contribution in [3.8, 4) is 5.75 Å². The maximum atomic E-state index is 11.0. The summed E-state index contributed by atoms with van der Waals surface area (Å²) in [6.07, 6.45) is 0. The van der Waals surface area contributed by atoms with Crippen LogP contribution < -0.4 is 4.74 Å². The molecule has 2 aromatic rings. The minimum Gasteiger partial charge on any atom is -0.482 e.